The summed E-state index contributed by atoms with van der Waals surface area (Å²) in [6.07, 6.45) is 5.94. The van der Waals surface area contributed by atoms with E-state index in [4.69, 9.17) is 11.6 Å². The van der Waals surface area contributed by atoms with Gasteiger partial charge in [0.1, 0.15) is 0 Å². The van der Waals surface area contributed by atoms with E-state index in [9.17, 15) is 4.79 Å². The van der Waals surface area contributed by atoms with Gasteiger partial charge in [0.2, 0.25) is 0 Å². The molecule has 1 aliphatic rings. The molecule has 1 N–H and O–H groups in total. The normalized spacial score (nSPS) is 23.1. The molecule has 0 spiro atoms. The van der Waals surface area contributed by atoms with Crippen molar-refractivity contribution in [3.63, 3.8) is 0 Å². The molecule has 19 heavy (non-hydrogen) atoms. The Hall–Kier alpha value is -0.290. The first-order valence-corrected chi connectivity index (χ1v) is 8.31. The van der Waals surface area contributed by atoms with Crippen molar-refractivity contribution in [3.05, 3.63) is 32.4 Å². The van der Waals surface area contributed by atoms with Gasteiger partial charge in [0.25, 0.3) is 5.91 Å². The van der Waals surface area contributed by atoms with Crippen LogP contribution in [0.5, 0.6) is 0 Å². The Bertz CT molecular complexity index is 463. The third kappa shape index (κ3) is 4.09. The van der Waals surface area contributed by atoms with Gasteiger partial charge in [-0.25, -0.2) is 0 Å². The first kappa shape index (κ1) is 15.1. The Labute approximate surface area is 133 Å². The minimum absolute atomic E-state index is 0.00801. The van der Waals surface area contributed by atoms with Gasteiger partial charge in [-0.3, -0.25) is 4.79 Å². The van der Waals surface area contributed by atoms with E-state index in [1.165, 1.54) is 19.3 Å². The second-order valence-electron chi connectivity index (χ2n) is 5.24. The highest BCUT2D eigenvalue weighted by Gasteiger charge is 2.23. The van der Waals surface area contributed by atoms with Crippen molar-refractivity contribution in [1.29, 1.82) is 0 Å². The van der Waals surface area contributed by atoms with Crippen molar-refractivity contribution < 1.29 is 4.79 Å². The summed E-state index contributed by atoms with van der Waals surface area (Å²) in [4.78, 5) is 12.3. The molecule has 4 heteroatoms. The van der Waals surface area contributed by atoms with Gasteiger partial charge in [-0.15, -0.1) is 0 Å². The van der Waals surface area contributed by atoms with Gasteiger partial charge >= 0.3 is 0 Å². The van der Waals surface area contributed by atoms with Gasteiger partial charge < -0.3 is 5.32 Å². The molecular formula is C15H19ClINO. The van der Waals surface area contributed by atoms with E-state index in [-0.39, 0.29) is 5.91 Å². The zero-order valence-corrected chi connectivity index (χ0v) is 14.0. The second kappa shape index (κ2) is 6.93. The summed E-state index contributed by atoms with van der Waals surface area (Å²) in [5.41, 5.74) is 0.687. The van der Waals surface area contributed by atoms with E-state index in [2.05, 4.69) is 34.8 Å². The SMILES string of the molecule is CCC1CCCC(NC(=O)c2cc(Cl)ccc2I)C1. The summed E-state index contributed by atoms with van der Waals surface area (Å²) in [7, 11) is 0. The Kier molecular flexibility index (Phi) is 5.51. The maximum atomic E-state index is 12.3. The molecule has 0 saturated heterocycles. The number of rotatable bonds is 3. The van der Waals surface area contributed by atoms with Crippen LogP contribution in [0.2, 0.25) is 5.02 Å². The first-order valence-electron chi connectivity index (χ1n) is 6.86. The predicted octanol–water partition coefficient (Wildman–Crippen LogP) is 4.64. The van der Waals surface area contributed by atoms with Crippen LogP contribution in [0.3, 0.4) is 0 Å². The number of benzene rings is 1. The van der Waals surface area contributed by atoms with E-state index >= 15 is 0 Å². The maximum absolute atomic E-state index is 12.3. The fourth-order valence-electron chi connectivity index (χ4n) is 2.73. The summed E-state index contributed by atoms with van der Waals surface area (Å²) in [6, 6.07) is 5.76. The van der Waals surface area contributed by atoms with Gasteiger partial charge in [0, 0.05) is 14.6 Å². The summed E-state index contributed by atoms with van der Waals surface area (Å²) in [6.45, 7) is 2.23. The monoisotopic (exact) mass is 391 g/mol. The van der Waals surface area contributed by atoms with Crippen LogP contribution in [0.1, 0.15) is 49.4 Å². The van der Waals surface area contributed by atoms with Gasteiger partial charge in [0.15, 0.2) is 0 Å². The molecule has 2 unspecified atom stereocenters. The highest BCUT2D eigenvalue weighted by atomic mass is 127. The van der Waals surface area contributed by atoms with Crippen LogP contribution in [0.4, 0.5) is 0 Å². The van der Waals surface area contributed by atoms with Crippen LogP contribution in [-0.4, -0.2) is 11.9 Å². The van der Waals surface area contributed by atoms with Crippen LogP contribution in [0, 0.1) is 9.49 Å². The Morgan fingerprint density at radius 2 is 2.26 bits per heavy atom. The van der Waals surface area contributed by atoms with Crippen LogP contribution in [-0.2, 0) is 0 Å². The molecule has 0 aromatic heterocycles. The molecule has 1 aliphatic carbocycles. The number of nitrogens with one attached hydrogen (secondary N) is 1. The molecule has 0 bridgehead atoms. The third-order valence-electron chi connectivity index (χ3n) is 3.87. The van der Waals surface area contributed by atoms with Crippen molar-refractivity contribution in [2.45, 2.75) is 45.1 Å². The molecule has 104 valence electrons. The zero-order chi connectivity index (χ0) is 13.8. The quantitative estimate of drug-likeness (QED) is 0.747. The van der Waals surface area contributed by atoms with Gasteiger partial charge in [0.05, 0.1) is 5.56 Å². The van der Waals surface area contributed by atoms with Gasteiger partial charge in [-0.2, -0.15) is 0 Å². The number of carbonyl (C=O) groups excluding carboxylic acids is 1. The molecule has 2 rings (SSSR count). The molecule has 1 aromatic rings. The molecule has 0 radical (unpaired) electrons. The average molecular weight is 392 g/mol. The molecule has 0 heterocycles. The highest BCUT2D eigenvalue weighted by molar-refractivity contribution is 14.1. The molecule has 1 fully saturated rings. The van der Waals surface area contributed by atoms with E-state index < -0.39 is 0 Å². The number of carbonyl (C=O) groups is 1. The zero-order valence-electron chi connectivity index (χ0n) is 11.1. The molecular weight excluding hydrogens is 373 g/mol. The van der Waals surface area contributed by atoms with Gasteiger partial charge in [-0.1, -0.05) is 37.8 Å². The van der Waals surface area contributed by atoms with E-state index in [1.807, 2.05) is 12.1 Å². The fraction of sp³-hybridized carbons (Fsp3) is 0.533. The third-order valence-corrected chi connectivity index (χ3v) is 5.04. The molecule has 1 saturated carbocycles. The standard InChI is InChI=1S/C15H19ClINO/c1-2-10-4-3-5-12(8-10)18-15(19)13-9-11(16)6-7-14(13)17/h6-7,9-10,12H,2-5,8H2,1H3,(H,18,19). The number of hydrogen-bond acceptors (Lipinski definition) is 1. The molecule has 1 amide bonds. The summed E-state index contributed by atoms with van der Waals surface area (Å²) in [5.74, 6) is 0.770. The largest absolute Gasteiger partial charge is 0.349 e. The lowest BCUT2D eigenvalue weighted by Gasteiger charge is -2.29. The minimum Gasteiger partial charge on any atom is -0.349 e. The summed E-state index contributed by atoms with van der Waals surface area (Å²) < 4.78 is 0.947. The molecule has 0 aliphatic heterocycles. The van der Waals surface area contributed by atoms with Crippen molar-refractivity contribution in [3.8, 4) is 0 Å². The van der Waals surface area contributed by atoms with Crippen LogP contribution in [0.15, 0.2) is 18.2 Å². The number of halogens is 2. The predicted molar refractivity (Wildman–Crippen MR) is 87.7 cm³/mol. The smallest absolute Gasteiger partial charge is 0.252 e. The average Bonchev–Trinajstić information content (AvgIpc) is 2.41. The highest BCUT2D eigenvalue weighted by Crippen LogP contribution is 2.27. The fourth-order valence-corrected chi connectivity index (χ4v) is 3.48. The number of hydrogen-bond donors (Lipinski definition) is 1. The van der Waals surface area contributed by atoms with Crippen LogP contribution in [0.25, 0.3) is 0 Å². The number of amides is 1. The minimum atomic E-state index is 0.00801. The molecule has 1 aromatic carbocycles. The second-order valence-corrected chi connectivity index (χ2v) is 6.83. The maximum Gasteiger partial charge on any atom is 0.252 e. The lowest BCUT2D eigenvalue weighted by molar-refractivity contribution is 0.0918. The van der Waals surface area contributed by atoms with Crippen molar-refractivity contribution in [2.24, 2.45) is 5.92 Å². The van der Waals surface area contributed by atoms with Gasteiger partial charge in [-0.05, 0) is 59.5 Å². The van der Waals surface area contributed by atoms with Crippen LogP contribution >= 0.6 is 34.2 Å². The lowest BCUT2D eigenvalue weighted by Crippen LogP contribution is -2.38. The van der Waals surface area contributed by atoms with Crippen molar-refractivity contribution in [1.82, 2.24) is 5.32 Å². The lowest BCUT2D eigenvalue weighted by atomic mass is 9.84. The van der Waals surface area contributed by atoms with Crippen LogP contribution < -0.4 is 5.32 Å². The molecule has 2 nitrogen and oxygen atoms in total. The van der Waals surface area contributed by atoms with E-state index in [0.717, 1.165) is 22.3 Å². The Balaban J connectivity index is 2.02. The summed E-state index contributed by atoms with van der Waals surface area (Å²) in [5, 5.41) is 3.78. The van der Waals surface area contributed by atoms with E-state index in [0.29, 0.717) is 16.6 Å². The van der Waals surface area contributed by atoms with Crippen molar-refractivity contribution >= 4 is 40.1 Å². The molecule has 2 atom stereocenters. The summed E-state index contributed by atoms with van der Waals surface area (Å²) >= 11 is 8.14. The van der Waals surface area contributed by atoms with Crippen molar-refractivity contribution in [2.75, 3.05) is 0 Å². The Morgan fingerprint density at radius 1 is 1.47 bits per heavy atom. The topological polar surface area (TPSA) is 29.1 Å². The van der Waals surface area contributed by atoms with E-state index in [1.54, 1.807) is 6.07 Å². The Morgan fingerprint density at radius 3 is 3.00 bits per heavy atom. The first-order chi connectivity index (χ1) is 9.10.